The van der Waals surface area contributed by atoms with Gasteiger partial charge in [-0.05, 0) is 40.5 Å². The lowest BCUT2D eigenvalue weighted by Gasteiger charge is -2.04. The van der Waals surface area contributed by atoms with Gasteiger partial charge in [0.25, 0.3) is 0 Å². The molecule has 15 heavy (non-hydrogen) atoms. The molecule has 0 aromatic rings. The Labute approximate surface area is 95.3 Å². The van der Waals surface area contributed by atoms with Crippen LogP contribution in [0.5, 0.6) is 0 Å². The number of rotatable bonds is 1. The molecule has 0 amide bonds. The zero-order valence-corrected chi connectivity index (χ0v) is 11.3. The monoisotopic (exact) mass is 216 g/mol. The molecule has 3 atom stereocenters. The first kappa shape index (κ1) is 17.1. The van der Waals surface area contributed by atoms with Gasteiger partial charge in [0.05, 0.1) is 18.3 Å². The van der Waals surface area contributed by atoms with Crippen molar-refractivity contribution in [1.29, 1.82) is 0 Å². The van der Waals surface area contributed by atoms with Crippen molar-refractivity contribution < 1.29 is 9.84 Å². The minimum Gasteiger partial charge on any atom is -0.393 e. The third-order valence-corrected chi connectivity index (χ3v) is 2.31. The molecule has 0 aromatic heterocycles. The van der Waals surface area contributed by atoms with E-state index in [-0.39, 0.29) is 6.10 Å². The molecule has 0 saturated carbocycles. The van der Waals surface area contributed by atoms with Gasteiger partial charge in [-0.2, -0.15) is 0 Å². The Morgan fingerprint density at radius 3 is 1.20 bits per heavy atom. The van der Waals surface area contributed by atoms with E-state index < -0.39 is 0 Å². The molecule has 1 N–H and O–H groups in total. The highest BCUT2D eigenvalue weighted by atomic mass is 16.6. The molecule has 0 radical (unpaired) electrons. The molecule has 0 spiro atoms. The van der Waals surface area contributed by atoms with E-state index in [4.69, 9.17) is 9.84 Å². The zero-order chi connectivity index (χ0) is 12.4. The van der Waals surface area contributed by atoms with E-state index in [2.05, 4.69) is 13.8 Å². The lowest BCUT2D eigenvalue weighted by atomic mass is 10.1. The Morgan fingerprint density at radius 2 is 1.20 bits per heavy atom. The number of hydrogen-bond acceptors (Lipinski definition) is 2. The minimum absolute atomic E-state index is 0.148. The van der Waals surface area contributed by atoms with Crippen LogP contribution in [0.1, 0.15) is 48.5 Å². The van der Waals surface area contributed by atoms with Crippen LogP contribution in [0, 0.1) is 5.92 Å². The average Bonchev–Trinajstić information content (AvgIpc) is 2.81. The Kier molecular flexibility index (Phi) is 11.6. The Balaban J connectivity index is 0. The molecule has 3 unspecified atom stereocenters. The van der Waals surface area contributed by atoms with Crippen molar-refractivity contribution in [3.8, 4) is 0 Å². The summed E-state index contributed by atoms with van der Waals surface area (Å²) in [5.74, 6) is 0.407. The van der Waals surface area contributed by atoms with Gasteiger partial charge in [0.1, 0.15) is 0 Å². The largest absolute Gasteiger partial charge is 0.393 e. The highest BCUT2D eigenvalue weighted by Crippen LogP contribution is 2.18. The van der Waals surface area contributed by atoms with E-state index in [1.54, 1.807) is 6.92 Å². The lowest BCUT2D eigenvalue weighted by molar-refractivity contribution is 0.144. The van der Waals surface area contributed by atoms with Gasteiger partial charge in [0.15, 0.2) is 0 Å². The molecule has 0 aromatic carbocycles. The number of ether oxygens (including phenoxy) is 1. The smallest absolute Gasteiger partial charge is 0.0811 e. The molecule has 2 nitrogen and oxygen atoms in total. The van der Waals surface area contributed by atoms with Crippen LogP contribution < -0.4 is 0 Å². The minimum atomic E-state index is -0.148. The van der Waals surface area contributed by atoms with Crippen molar-refractivity contribution in [2.24, 2.45) is 5.92 Å². The number of aliphatic hydroxyl groups is 1. The van der Waals surface area contributed by atoms with Gasteiger partial charge in [-0.15, -0.1) is 0 Å². The number of allylic oxidation sites excluding steroid dienone is 2. The van der Waals surface area contributed by atoms with Crippen LogP contribution >= 0.6 is 0 Å². The summed E-state index contributed by atoms with van der Waals surface area (Å²) in [6.07, 6.45) is 4.95. The average molecular weight is 216 g/mol. The molecule has 0 bridgehead atoms. The number of aliphatic hydroxyl groups excluding tert-OH is 1. The van der Waals surface area contributed by atoms with Crippen LogP contribution in [0.25, 0.3) is 0 Å². The van der Waals surface area contributed by atoms with Gasteiger partial charge >= 0.3 is 0 Å². The fourth-order valence-electron chi connectivity index (χ4n) is 0.293. The predicted octanol–water partition coefficient (Wildman–Crippen LogP) is 3.40. The summed E-state index contributed by atoms with van der Waals surface area (Å²) in [5, 5.41) is 8.63. The first-order valence-corrected chi connectivity index (χ1v) is 5.77. The van der Waals surface area contributed by atoms with Crippen molar-refractivity contribution in [2.75, 3.05) is 0 Å². The quantitative estimate of drug-likeness (QED) is 0.538. The highest BCUT2D eigenvalue weighted by molar-refractivity contribution is 4.73. The van der Waals surface area contributed by atoms with Gasteiger partial charge in [-0.1, -0.05) is 26.0 Å². The van der Waals surface area contributed by atoms with Crippen LogP contribution in [0.3, 0.4) is 0 Å². The second kappa shape index (κ2) is 10.2. The number of hydrogen-bond donors (Lipinski definition) is 1. The summed E-state index contributed by atoms with van der Waals surface area (Å²) in [7, 11) is 0. The topological polar surface area (TPSA) is 32.8 Å². The van der Waals surface area contributed by atoms with E-state index in [1.165, 1.54) is 0 Å². The molecule has 1 saturated heterocycles. The van der Waals surface area contributed by atoms with Gasteiger partial charge in [-0.25, -0.2) is 0 Å². The SMILES string of the molecule is C/C=C/C.CC(C)C(C)O.CC1OC1C. The molecular formula is C13H28O2. The normalized spacial score (nSPS) is 25.1. The highest BCUT2D eigenvalue weighted by Gasteiger charge is 2.27. The fourth-order valence-corrected chi connectivity index (χ4v) is 0.293. The van der Waals surface area contributed by atoms with E-state index in [1.807, 2.05) is 39.8 Å². The second-order valence-electron chi connectivity index (χ2n) is 4.20. The van der Waals surface area contributed by atoms with Crippen molar-refractivity contribution in [3.63, 3.8) is 0 Å². The van der Waals surface area contributed by atoms with E-state index >= 15 is 0 Å². The van der Waals surface area contributed by atoms with Gasteiger partial charge < -0.3 is 9.84 Å². The fraction of sp³-hybridized carbons (Fsp3) is 0.846. The molecular weight excluding hydrogens is 188 g/mol. The predicted molar refractivity (Wildman–Crippen MR) is 67.0 cm³/mol. The summed E-state index contributed by atoms with van der Waals surface area (Å²) in [6.45, 7) is 13.9. The van der Waals surface area contributed by atoms with Crippen molar-refractivity contribution in [2.45, 2.75) is 66.8 Å². The third kappa shape index (κ3) is 16.3. The lowest BCUT2D eigenvalue weighted by Crippen LogP contribution is -2.07. The van der Waals surface area contributed by atoms with Gasteiger partial charge in [-0.3, -0.25) is 0 Å². The third-order valence-electron chi connectivity index (χ3n) is 2.31. The van der Waals surface area contributed by atoms with Gasteiger partial charge in [0, 0.05) is 0 Å². The maximum absolute atomic E-state index is 8.63. The van der Waals surface area contributed by atoms with E-state index in [0.29, 0.717) is 18.1 Å². The van der Waals surface area contributed by atoms with E-state index in [9.17, 15) is 0 Å². The first-order valence-electron chi connectivity index (χ1n) is 5.77. The van der Waals surface area contributed by atoms with Crippen LogP contribution in [0.2, 0.25) is 0 Å². The van der Waals surface area contributed by atoms with E-state index in [0.717, 1.165) is 0 Å². The summed E-state index contributed by atoms with van der Waals surface area (Å²) in [6, 6.07) is 0. The Morgan fingerprint density at radius 1 is 1.00 bits per heavy atom. The molecule has 1 rings (SSSR count). The molecule has 1 fully saturated rings. The van der Waals surface area contributed by atoms with Crippen molar-refractivity contribution in [3.05, 3.63) is 12.2 Å². The molecule has 0 aliphatic carbocycles. The van der Waals surface area contributed by atoms with Crippen LogP contribution in [0.15, 0.2) is 12.2 Å². The van der Waals surface area contributed by atoms with Crippen LogP contribution in [-0.4, -0.2) is 23.4 Å². The standard InChI is InChI=1S/C5H12O.C4H8O.C4H8/c1-4(2)5(3)6;1-3-4(2)5-3;1-3-4-2/h4-6H,1-3H3;3-4H,1-2H3;3-4H,1-2H3/b;;4-3+. The summed E-state index contributed by atoms with van der Waals surface area (Å²) >= 11 is 0. The summed E-state index contributed by atoms with van der Waals surface area (Å²) < 4.78 is 4.92. The summed E-state index contributed by atoms with van der Waals surface area (Å²) in [4.78, 5) is 0. The maximum atomic E-state index is 8.63. The second-order valence-corrected chi connectivity index (χ2v) is 4.20. The van der Waals surface area contributed by atoms with Crippen LogP contribution in [-0.2, 0) is 4.74 Å². The summed E-state index contributed by atoms with van der Waals surface area (Å²) in [5.41, 5.74) is 0. The van der Waals surface area contributed by atoms with Crippen molar-refractivity contribution in [1.82, 2.24) is 0 Å². The van der Waals surface area contributed by atoms with Gasteiger partial charge in [0.2, 0.25) is 0 Å². The molecule has 1 heterocycles. The molecule has 1 aliphatic rings. The Bertz CT molecular complexity index is 135. The molecule has 92 valence electrons. The molecule has 2 heteroatoms. The van der Waals surface area contributed by atoms with Crippen molar-refractivity contribution >= 4 is 0 Å². The maximum Gasteiger partial charge on any atom is 0.0811 e. The Hall–Kier alpha value is -0.340. The molecule has 1 aliphatic heterocycles. The first-order chi connectivity index (χ1) is 6.86. The number of epoxide rings is 1. The zero-order valence-electron chi connectivity index (χ0n) is 11.3. The van der Waals surface area contributed by atoms with Crippen LogP contribution in [0.4, 0.5) is 0 Å².